The summed E-state index contributed by atoms with van der Waals surface area (Å²) < 4.78 is 5.53. The maximum absolute atomic E-state index is 13.2. The van der Waals surface area contributed by atoms with Crippen LogP contribution in [0.1, 0.15) is 67.8 Å². The molecule has 2 aromatic carbocycles. The van der Waals surface area contributed by atoms with Crippen LogP contribution in [0.25, 0.3) is 5.76 Å². The molecule has 6 heteroatoms. The number of Topliss-reactive ketones (excluding diaryl/α,β-unsaturated/α-hetero) is 1. The van der Waals surface area contributed by atoms with E-state index in [9.17, 15) is 19.8 Å². The number of nitrogens with zero attached hydrogens (tertiary/aromatic N) is 1. The van der Waals surface area contributed by atoms with Gasteiger partial charge in [-0.15, -0.1) is 0 Å². The second-order valence-electron chi connectivity index (χ2n) is 8.70. The zero-order chi connectivity index (χ0) is 23.5. The quantitative estimate of drug-likeness (QED) is 0.357. The Labute approximate surface area is 194 Å². The van der Waals surface area contributed by atoms with Crippen molar-refractivity contribution in [1.29, 1.82) is 0 Å². The average molecular weight is 450 g/mol. The van der Waals surface area contributed by atoms with E-state index < -0.39 is 17.7 Å². The number of hydrogen-bond donors (Lipinski definition) is 2. The molecule has 0 radical (unpaired) electrons. The molecular weight excluding hydrogens is 418 g/mol. The summed E-state index contributed by atoms with van der Waals surface area (Å²) in [6.45, 7) is 4.60. The van der Waals surface area contributed by atoms with Crippen molar-refractivity contribution in [2.45, 2.75) is 58.4 Å². The molecule has 0 bridgehead atoms. The number of hydrogen-bond acceptors (Lipinski definition) is 5. The molecule has 0 saturated carbocycles. The van der Waals surface area contributed by atoms with Crippen molar-refractivity contribution in [3.63, 3.8) is 0 Å². The monoisotopic (exact) mass is 449 g/mol. The summed E-state index contributed by atoms with van der Waals surface area (Å²) in [6.07, 6.45) is 5.82. The molecule has 174 valence electrons. The number of aryl methyl sites for hydroxylation is 2. The number of likely N-dealkylation sites (tertiary alicyclic amines) is 1. The Morgan fingerprint density at radius 3 is 2.55 bits per heavy atom. The number of aromatic hydroxyl groups is 1. The van der Waals surface area contributed by atoms with Gasteiger partial charge in [0.2, 0.25) is 0 Å². The van der Waals surface area contributed by atoms with Crippen molar-refractivity contribution >= 4 is 17.4 Å². The second kappa shape index (κ2) is 9.69. The summed E-state index contributed by atoms with van der Waals surface area (Å²) in [5.74, 6) is -1.18. The molecule has 1 saturated heterocycles. The van der Waals surface area contributed by atoms with E-state index >= 15 is 0 Å². The first-order valence-electron chi connectivity index (χ1n) is 11.8. The van der Waals surface area contributed by atoms with Crippen LogP contribution in [-0.2, 0) is 22.4 Å². The van der Waals surface area contributed by atoms with E-state index in [2.05, 4.69) is 0 Å². The van der Waals surface area contributed by atoms with Crippen LogP contribution in [-0.4, -0.2) is 40.0 Å². The van der Waals surface area contributed by atoms with Gasteiger partial charge in [-0.3, -0.25) is 9.59 Å². The lowest BCUT2D eigenvalue weighted by molar-refractivity contribution is -0.139. The van der Waals surface area contributed by atoms with Crippen LogP contribution in [0, 0.1) is 0 Å². The lowest BCUT2D eigenvalue weighted by Crippen LogP contribution is -2.30. The van der Waals surface area contributed by atoms with Crippen molar-refractivity contribution in [3.8, 4) is 11.5 Å². The molecule has 1 aliphatic heterocycles. The highest BCUT2D eigenvalue weighted by Gasteiger charge is 2.46. The van der Waals surface area contributed by atoms with Crippen LogP contribution >= 0.6 is 0 Å². The predicted octanol–water partition coefficient (Wildman–Crippen LogP) is 4.89. The van der Waals surface area contributed by atoms with Crippen molar-refractivity contribution in [2.24, 2.45) is 0 Å². The van der Waals surface area contributed by atoms with E-state index in [1.165, 1.54) is 22.1 Å². The molecule has 2 N–H and O–H groups in total. The smallest absolute Gasteiger partial charge is 0.295 e. The fourth-order valence-corrected chi connectivity index (χ4v) is 4.79. The largest absolute Gasteiger partial charge is 0.507 e. The summed E-state index contributed by atoms with van der Waals surface area (Å²) >= 11 is 0. The molecule has 1 heterocycles. The van der Waals surface area contributed by atoms with Gasteiger partial charge in [-0.05, 0) is 73.9 Å². The van der Waals surface area contributed by atoms with Gasteiger partial charge in [-0.25, -0.2) is 0 Å². The van der Waals surface area contributed by atoms with Crippen molar-refractivity contribution < 1.29 is 24.5 Å². The van der Waals surface area contributed by atoms with Gasteiger partial charge in [0, 0.05) is 12.1 Å². The number of carbonyl (C=O) groups excluding carboxylic acids is 2. The molecule has 1 aliphatic carbocycles. The summed E-state index contributed by atoms with van der Waals surface area (Å²) in [7, 11) is 0. The second-order valence-corrected chi connectivity index (χ2v) is 8.70. The molecule has 0 spiro atoms. The van der Waals surface area contributed by atoms with Gasteiger partial charge < -0.3 is 19.8 Å². The first kappa shape index (κ1) is 22.9. The molecule has 1 unspecified atom stereocenters. The number of ether oxygens (including phenoxy) is 1. The Morgan fingerprint density at radius 1 is 1.06 bits per heavy atom. The third-order valence-corrected chi connectivity index (χ3v) is 6.51. The van der Waals surface area contributed by atoms with E-state index in [0.29, 0.717) is 24.3 Å². The number of ketones is 1. The van der Waals surface area contributed by atoms with E-state index in [1.54, 1.807) is 12.1 Å². The Hall–Kier alpha value is -3.28. The standard InChI is InChI=1S/C27H31NO5/c1-3-5-14-28-24(19-12-13-21(29)22(16-19)33-4-2)23(26(31)27(28)32)25(30)20-11-10-17-8-6-7-9-18(17)15-20/h10-13,15-16,24,29-30H,3-9,14H2,1-2H3/b25-23+. The normalized spacial score (nSPS) is 19.6. The number of phenolic OH excluding ortho intramolecular Hbond substituents is 1. The number of fused-ring (bicyclic) bond motifs is 1. The van der Waals surface area contributed by atoms with E-state index in [0.717, 1.165) is 38.5 Å². The molecule has 2 aromatic rings. The number of rotatable bonds is 7. The molecule has 0 aromatic heterocycles. The topological polar surface area (TPSA) is 87.1 Å². The Balaban J connectivity index is 1.84. The van der Waals surface area contributed by atoms with Crippen LogP contribution in [0.4, 0.5) is 0 Å². The number of aliphatic hydroxyl groups is 1. The summed E-state index contributed by atoms with van der Waals surface area (Å²) in [6, 6.07) is 9.87. The highest BCUT2D eigenvalue weighted by atomic mass is 16.5. The number of amides is 1. The van der Waals surface area contributed by atoms with Gasteiger partial charge in [-0.1, -0.05) is 31.5 Å². The van der Waals surface area contributed by atoms with E-state index in [-0.39, 0.29) is 22.8 Å². The van der Waals surface area contributed by atoms with Crippen LogP contribution in [0.2, 0.25) is 0 Å². The van der Waals surface area contributed by atoms with Crippen molar-refractivity contribution in [2.75, 3.05) is 13.2 Å². The van der Waals surface area contributed by atoms with E-state index in [1.807, 2.05) is 32.0 Å². The zero-order valence-corrected chi connectivity index (χ0v) is 19.3. The minimum Gasteiger partial charge on any atom is -0.507 e. The molecular formula is C27H31NO5. The molecule has 4 rings (SSSR count). The van der Waals surface area contributed by atoms with Crippen molar-refractivity contribution in [1.82, 2.24) is 4.90 Å². The highest BCUT2D eigenvalue weighted by Crippen LogP contribution is 2.42. The van der Waals surface area contributed by atoms with Gasteiger partial charge in [0.15, 0.2) is 11.5 Å². The molecule has 1 fully saturated rings. The highest BCUT2D eigenvalue weighted by molar-refractivity contribution is 6.46. The third kappa shape index (κ3) is 4.34. The molecule has 1 amide bonds. The van der Waals surface area contributed by atoms with Crippen LogP contribution in [0.5, 0.6) is 11.5 Å². The summed E-state index contributed by atoms with van der Waals surface area (Å²) in [4.78, 5) is 27.7. The number of unbranched alkanes of at least 4 members (excludes halogenated alkanes) is 1. The van der Waals surface area contributed by atoms with Gasteiger partial charge >= 0.3 is 0 Å². The van der Waals surface area contributed by atoms with Crippen LogP contribution < -0.4 is 4.74 Å². The van der Waals surface area contributed by atoms with Crippen LogP contribution in [0.3, 0.4) is 0 Å². The Bertz CT molecular complexity index is 1100. The predicted molar refractivity (Wildman–Crippen MR) is 126 cm³/mol. The van der Waals surface area contributed by atoms with E-state index in [4.69, 9.17) is 4.74 Å². The Morgan fingerprint density at radius 2 is 1.82 bits per heavy atom. The molecule has 33 heavy (non-hydrogen) atoms. The average Bonchev–Trinajstić information content (AvgIpc) is 3.08. The lowest BCUT2D eigenvalue weighted by Gasteiger charge is -2.26. The minimum absolute atomic E-state index is 0.0132. The van der Waals surface area contributed by atoms with Crippen molar-refractivity contribution in [3.05, 3.63) is 64.2 Å². The lowest BCUT2D eigenvalue weighted by atomic mass is 9.88. The van der Waals surface area contributed by atoms with Crippen LogP contribution in [0.15, 0.2) is 42.0 Å². The fourth-order valence-electron chi connectivity index (χ4n) is 4.79. The first-order chi connectivity index (χ1) is 16.0. The van der Waals surface area contributed by atoms with Gasteiger partial charge in [0.1, 0.15) is 5.76 Å². The molecule has 6 nitrogen and oxygen atoms in total. The Kier molecular flexibility index (Phi) is 6.72. The SMILES string of the molecule is CCCCN1C(=O)C(=O)/C(=C(/O)c2ccc3c(c2)CCCC3)C1c1ccc(O)c(OCC)c1. The number of phenols is 1. The third-order valence-electron chi connectivity index (χ3n) is 6.51. The van der Waals surface area contributed by atoms with Gasteiger partial charge in [0.05, 0.1) is 18.2 Å². The first-order valence-corrected chi connectivity index (χ1v) is 11.8. The minimum atomic E-state index is -0.743. The van der Waals surface area contributed by atoms with Gasteiger partial charge in [-0.2, -0.15) is 0 Å². The number of carbonyl (C=O) groups is 2. The molecule has 1 atom stereocenters. The molecule has 2 aliphatic rings. The zero-order valence-electron chi connectivity index (χ0n) is 19.3. The van der Waals surface area contributed by atoms with Gasteiger partial charge in [0.25, 0.3) is 11.7 Å². The number of aliphatic hydroxyl groups excluding tert-OH is 1. The summed E-state index contributed by atoms with van der Waals surface area (Å²) in [5, 5.41) is 21.5. The number of benzene rings is 2. The maximum atomic E-state index is 13.2. The summed E-state index contributed by atoms with van der Waals surface area (Å²) in [5.41, 5.74) is 3.71. The maximum Gasteiger partial charge on any atom is 0.295 e. The fraction of sp³-hybridized carbons (Fsp3) is 0.407.